The molecule has 2 fully saturated rings. The van der Waals surface area contributed by atoms with E-state index in [1.54, 1.807) is 0 Å². The molecule has 1 N–H and O–H groups in total. The molecule has 6 nitrogen and oxygen atoms in total. The minimum atomic E-state index is -3.68. The molecule has 1 amide bonds. The molecule has 1 atom stereocenters. The largest absolute Gasteiger partial charge is 0.352 e. The van der Waals surface area contributed by atoms with Crippen molar-refractivity contribution in [2.45, 2.75) is 29.8 Å². The molecule has 2 aromatic rings. The minimum Gasteiger partial charge on any atom is -0.352 e. The monoisotopic (exact) mass is 417 g/mol. The first-order valence-corrected chi connectivity index (χ1v) is 11.2. The van der Waals surface area contributed by atoms with E-state index in [1.807, 2.05) is 35.2 Å². The fourth-order valence-electron chi connectivity index (χ4n) is 3.63. The summed E-state index contributed by atoms with van der Waals surface area (Å²) in [6, 6.07) is 14.3. The maximum absolute atomic E-state index is 13.1. The van der Waals surface area contributed by atoms with Crippen LogP contribution in [0, 0.1) is 5.82 Å². The second-order valence-corrected chi connectivity index (χ2v) is 9.43. The topological polar surface area (TPSA) is 69.7 Å². The Bertz CT molecular complexity index is 954. The first-order valence-electron chi connectivity index (χ1n) is 9.80. The van der Waals surface area contributed by atoms with Crippen LogP contribution in [0.25, 0.3) is 0 Å². The Hall–Kier alpha value is -2.29. The summed E-state index contributed by atoms with van der Waals surface area (Å²) in [6.45, 7) is 1.44. The Morgan fingerprint density at radius 3 is 2.17 bits per heavy atom. The van der Waals surface area contributed by atoms with Crippen molar-refractivity contribution in [3.63, 3.8) is 0 Å². The molecule has 154 valence electrons. The summed E-state index contributed by atoms with van der Waals surface area (Å²) < 4.78 is 40.2. The van der Waals surface area contributed by atoms with Crippen molar-refractivity contribution in [3.05, 3.63) is 66.0 Å². The summed E-state index contributed by atoms with van der Waals surface area (Å²) in [7, 11) is -3.68. The first kappa shape index (κ1) is 20.0. The van der Waals surface area contributed by atoms with Gasteiger partial charge in [0.15, 0.2) is 0 Å². The number of nitrogens with zero attached hydrogens (tertiary/aromatic N) is 2. The maximum Gasteiger partial charge on any atom is 0.243 e. The lowest BCUT2D eigenvalue weighted by molar-refractivity contribution is -0.127. The van der Waals surface area contributed by atoms with Gasteiger partial charge in [-0.3, -0.25) is 9.69 Å². The molecule has 0 spiro atoms. The predicted octanol–water partition coefficient (Wildman–Crippen LogP) is 2.15. The first-order chi connectivity index (χ1) is 13.9. The predicted molar refractivity (Wildman–Crippen MR) is 107 cm³/mol. The number of nitrogens with one attached hydrogen (secondary N) is 1. The van der Waals surface area contributed by atoms with E-state index in [0.29, 0.717) is 13.1 Å². The van der Waals surface area contributed by atoms with Crippen molar-refractivity contribution in [1.29, 1.82) is 0 Å². The van der Waals surface area contributed by atoms with Crippen molar-refractivity contribution >= 4 is 15.9 Å². The van der Waals surface area contributed by atoms with Gasteiger partial charge in [-0.2, -0.15) is 4.31 Å². The molecule has 1 saturated carbocycles. The van der Waals surface area contributed by atoms with Gasteiger partial charge in [0.05, 0.1) is 4.90 Å². The number of carbonyl (C=O) groups is 1. The minimum absolute atomic E-state index is 0.0338. The summed E-state index contributed by atoms with van der Waals surface area (Å²) in [4.78, 5) is 15.0. The lowest BCUT2D eigenvalue weighted by atomic mass is 10.0. The van der Waals surface area contributed by atoms with Crippen LogP contribution in [-0.2, 0) is 14.8 Å². The lowest BCUT2D eigenvalue weighted by Crippen LogP contribution is -2.52. The van der Waals surface area contributed by atoms with Gasteiger partial charge in [0.25, 0.3) is 0 Å². The average molecular weight is 418 g/mol. The molecule has 0 unspecified atom stereocenters. The third kappa shape index (κ3) is 4.49. The second-order valence-electron chi connectivity index (χ2n) is 7.49. The molecule has 1 aliphatic carbocycles. The van der Waals surface area contributed by atoms with Crippen molar-refractivity contribution in [2.75, 3.05) is 26.2 Å². The van der Waals surface area contributed by atoms with Crippen molar-refractivity contribution in [2.24, 2.45) is 0 Å². The SMILES string of the molecule is O=C(NC1CC1)[C@@H](c1ccccc1)N1CCN(S(=O)(=O)c2ccc(F)cc2)CC1. The number of hydrogen-bond donors (Lipinski definition) is 1. The highest BCUT2D eigenvalue weighted by Gasteiger charge is 2.36. The van der Waals surface area contributed by atoms with Crippen molar-refractivity contribution in [3.8, 4) is 0 Å². The Labute approximate surface area is 170 Å². The molecule has 0 bridgehead atoms. The molecule has 29 heavy (non-hydrogen) atoms. The molecule has 0 aromatic heterocycles. The Morgan fingerprint density at radius 1 is 0.966 bits per heavy atom. The molecule has 2 aliphatic rings. The number of rotatable bonds is 6. The van der Waals surface area contributed by atoms with Crippen LogP contribution in [0.4, 0.5) is 4.39 Å². The van der Waals surface area contributed by atoms with E-state index >= 15 is 0 Å². The Balaban J connectivity index is 1.48. The summed E-state index contributed by atoms with van der Waals surface area (Å²) in [5.41, 5.74) is 0.903. The third-order valence-electron chi connectivity index (χ3n) is 5.38. The van der Waals surface area contributed by atoms with Crippen molar-refractivity contribution < 1.29 is 17.6 Å². The van der Waals surface area contributed by atoms with E-state index in [4.69, 9.17) is 0 Å². The van der Waals surface area contributed by atoms with E-state index in [9.17, 15) is 17.6 Å². The molecular formula is C21H24FN3O3S. The number of hydrogen-bond acceptors (Lipinski definition) is 4. The highest BCUT2D eigenvalue weighted by atomic mass is 32.2. The highest BCUT2D eigenvalue weighted by Crippen LogP contribution is 2.27. The maximum atomic E-state index is 13.1. The number of piperazine rings is 1. The molecule has 1 heterocycles. The average Bonchev–Trinajstić information content (AvgIpc) is 3.54. The highest BCUT2D eigenvalue weighted by molar-refractivity contribution is 7.89. The number of benzene rings is 2. The number of amides is 1. The van der Waals surface area contributed by atoms with Gasteiger partial charge in [-0.05, 0) is 42.7 Å². The van der Waals surface area contributed by atoms with Gasteiger partial charge in [0.1, 0.15) is 11.9 Å². The van der Waals surface area contributed by atoms with Crippen LogP contribution in [0.3, 0.4) is 0 Å². The fourth-order valence-corrected chi connectivity index (χ4v) is 5.05. The second kappa shape index (κ2) is 8.22. The molecule has 2 aromatic carbocycles. The molecule has 1 aliphatic heterocycles. The Kier molecular flexibility index (Phi) is 5.67. The van der Waals surface area contributed by atoms with E-state index in [1.165, 1.54) is 16.4 Å². The zero-order valence-electron chi connectivity index (χ0n) is 16.0. The number of carbonyl (C=O) groups excluding carboxylic acids is 1. The van der Waals surface area contributed by atoms with Gasteiger partial charge >= 0.3 is 0 Å². The van der Waals surface area contributed by atoms with E-state index in [0.717, 1.165) is 30.5 Å². The van der Waals surface area contributed by atoms with Crippen LogP contribution in [0.1, 0.15) is 24.4 Å². The summed E-state index contributed by atoms with van der Waals surface area (Å²) >= 11 is 0. The van der Waals surface area contributed by atoms with Crippen LogP contribution in [0.15, 0.2) is 59.5 Å². The summed E-state index contributed by atoms with van der Waals surface area (Å²) in [5.74, 6) is -0.505. The van der Waals surface area contributed by atoms with Gasteiger partial charge < -0.3 is 5.32 Å². The molecule has 0 radical (unpaired) electrons. The Morgan fingerprint density at radius 2 is 1.59 bits per heavy atom. The third-order valence-corrected chi connectivity index (χ3v) is 7.29. The number of sulfonamides is 1. The van der Waals surface area contributed by atoms with Gasteiger partial charge in [-0.15, -0.1) is 0 Å². The molecule has 8 heteroatoms. The summed E-state index contributed by atoms with van der Waals surface area (Å²) in [5, 5.41) is 3.07. The number of halogens is 1. The van der Waals surface area contributed by atoms with E-state index in [-0.39, 0.29) is 29.9 Å². The van der Waals surface area contributed by atoms with Gasteiger partial charge in [-0.1, -0.05) is 30.3 Å². The van der Waals surface area contributed by atoms with Gasteiger partial charge in [0, 0.05) is 32.2 Å². The smallest absolute Gasteiger partial charge is 0.243 e. The van der Waals surface area contributed by atoms with Gasteiger partial charge in [-0.25, -0.2) is 12.8 Å². The lowest BCUT2D eigenvalue weighted by Gasteiger charge is -2.38. The fraction of sp³-hybridized carbons (Fsp3) is 0.381. The van der Waals surface area contributed by atoms with Crippen LogP contribution >= 0.6 is 0 Å². The van der Waals surface area contributed by atoms with Crippen LogP contribution in [0.5, 0.6) is 0 Å². The van der Waals surface area contributed by atoms with Crippen LogP contribution in [0.2, 0.25) is 0 Å². The molecule has 1 saturated heterocycles. The quantitative estimate of drug-likeness (QED) is 0.782. The molecular weight excluding hydrogens is 393 g/mol. The van der Waals surface area contributed by atoms with E-state index in [2.05, 4.69) is 5.32 Å². The zero-order valence-corrected chi connectivity index (χ0v) is 16.8. The van der Waals surface area contributed by atoms with Crippen molar-refractivity contribution in [1.82, 2.24) is 14.5 Å². The zero-order chi connectivity index (χ0) is 20.4. The van der Waals surface area contributed by atoms with Crippen LogP contribution in [-0.4, -0.2) is 55.8 Å². The summed E-state index contributed by atoms with van der Waals surface area (Å²) in [6.07, 6.45) is 2.02. The van der Waals surface area contributed by atoms with Gasteiger partial charge in [0.2, 0.25) is 15.9 Å². The van der Waals surface area contributed by atoms with Crippen LogP contribution < -0.4 is 5.32 Å². The van der Waals surface area contributed by atoms with E-state index < -0.39 is 21.9 Å². The normalized spacial score (nSPS) is 19.6. The molecule has 4 rings (SSSR count). The standard InChI is InChI=1S/C21H24FN3O3S/c22-17-6-10-19(11-7-17)29(27,28)25-14-12-24(13-15-25)20(16-4-2-1-3-5-16)21(26)23-18-8-9-18/h1-7,10-11,18,20H,8-9,12-15H2,(H,23,26)/t20-/m1/s1.